The second kappa shape index (κ2) is 20.8. The topological polar surface area (TPSA) is 140 Å². The molecule has 0 aliphatic carbocycles. The lowest BCUT2D eigenvalue weighted by Crippen LogP contribution is -2.10. The number of carbonyl (C=O) groups is 3. The van der Waals surface area contributed by atoms with Gasteiger partial charge in [-0.1, -0.05) is 56.1 Å². The smallest absolute Gasteiger partial charge is 0.338 e. The molecular weight excluding hydrogens is 672 g/mol. The van der Waals surface area contributed by atoms with Gasteiger partial charge in [-0.2, -0.15) is 0 Å². The number of esters is 3. The number of hydrogen-bond acceptors (Lipinski definition) is 9. The summed E-state index contributed by atoms with van der Waals surface area (Å²) in [5.41, 5.74) is 6.25. The molecular formula is C44H48O9. The fraction of sp³-hybridized carbons (Fsp3) is 0.250. The second-order valence-corrected chi connectivity index (χ2v) is 12.6. The number of aryl methyl sites for hydroxylation is 2. The molecule has 9 heteroatoms. The van der Waals surface area contributed by atoms with Crippen LogP contribution in [0.2, 0.25) is 0 Å². The molecule has 0 amide bonds. The molecule has 0 unspecified atom stereocenters. The molecule has 53 heavy (non-hydrogen) atoms. The maximum atomic E-state index is 12.1. The van der Waals surface area contributed by atoms with Gasteiger partial charge in [0, 0.05) is 23.3 Å². The van der Waals surface area contributed by atoms with Gasteiger partial charge in [-0.05, 0) is 141 Å². The van der Waals surface area contributed by atoms with E-state index in [0.29, 0.717) is 47.5 Å². The highest BCUT2D eigenvalue weighted by molar-refractivity contribution is 5.90. The van der Waals surface area contributed by atoms with E-state index in [9.17, 15) is 24.6 Å². The highest BCUT2D eigenvalue weighted by atomic mass is 16.5. The summed E-state index contributed by atoms with van der Waals surface area (Å²) in [7, 11) is 0. The Hall–Kier alpha value is -5.93. The van der Waals surface area contributed by atoms with Crippen LogP contribution in [-0.2, 0) is 32.0 Å². The Morgan fingerprint density at radius 2 is 1.13 bits per heavy atom. The maximum absolute atomic E-state index is 12.1. The van der Waals surface area contributed by atoms with Crippen LogP contribution in [0.4, 0.5) is 0 Å². The van der Waals surface area contributed by atoms with Gasteiger partial charge in [0.2, 0.25) is 0 Å². The zero-order valence-electron chi connectivity index (χ0n) is 30.7. The van der Waals surface area contributed by atoms with Crippen molar-refractivity contribution in [2.75, 3.05) is 13.2 Å². The van der Waals surface area contributed by atoms with Gasteiger partial charge in [-0.15, -0.1) is 0 Å². The summed E-state index contributed by atoms with van der Waals surface area (Å²) < 4.78 is 16.0. The van der Waals surface area contributed by atoms with Crippen LogP contribution in [0.3, 0.4) is 0 Å². The first kappa shape index (κ1) is 41.5. The molecule has 0 atom stereocenters. The molecule has 4 aromatic rings. The third kappa shape index (κ3) is 13.6. The molecule has 3 N–H and O–H groups in total. The number of aliphatic hydroxyl groups excluding tert-OH is 1. The second-order valence-electron chi connectivity index (χ2n) is 12.6. The predicted molar refractivity (Wildman–Crippen MR) is 207 cm³/mol. The fourth-order valence-corrected chi connectivity index (χ4v) is 4.96. The predicted octanol–water partition coefficient (Wildman–Crippen LogP) is 8.84. The monoisotopic (exact) mass is 720 g/mol. The molecule has 0 saturated heterocycles. The van der Waals surface area contributed by atoms with E-state index in [1.165, 1.54) is 0 Å². The van der Waals surface area contributed by atoms with Crippen molar-refractivity contribution in [2.24, 2.45) is 0 Å². The Balaban J connectivity index is 0.000000334. The number of carbonyl (C=O) groups excluding carboxylic acids is 3. The number of phenolic OH excluding ortho intramolecular Hbond substituents is 2. The SMILES string of the molecule is C=C(C)C(=O)OCCCCc1cc(-c2cccc(OC(=O)C(=C)C)c2)ccc1OC(=O)C(=C)C.OCCCCc1cc(-c2cccc(O)c2)ccc1O. The molecule has 0 aromatic heterocycles. The van der Waals surface area contributed by atoms with Crippen molar-refractivity contribution in [3.8, 4) is 45.3 Å². The Kier molecular flexibility index (Phi) is 16.3. The zero-order valence-corrected chi connectivity index (χ0v) is 30.7. The van der Waals surface area contributed by atoms with Crippen LogP contribution in [0.15, 0.2) is 121 Å². The van der Waals surface area contributed by atoms with Crippen molar-refractivity contribution in [1.29, 1.82) is 0 Å². The number of benzene rings is 4. The summed E-state index contributed by atoms with van der Waals surface area (Å²) >= 11 is 0. The van der Waals surface area contributed by atoms with Crippen LogP contribution in [0, 0.1) is 0 Å². The third-order valence-electron chi connectivity index (χ3n) is 7.87. The molecule has 0 aliphatic heterocycles. The number of phenols is 2. The van der Waals surface area contributed by atoms with Crippen LogP contribution < -0.4 is 9.47 Å². The van der Waals surface area contributed by atoms with E-state index in [4.69, 9.17) is 19.3 Å². The molecule has 0 spiro atoms. The van der Waals surface area contributed by atoms with Crippen molar-refractivity contribution >= 4 is 17.9 Å². The third-order valence-corrected chi connectivity index (χ3v) is 7.87. The van der Waals surface area contributed by atoms with Crippen LogP contribution in [0.1, 0.15) is 57.6 Å². The normalized spacial score (nSPS) is 10.3. The molecule has 278 valence electrons. The first-order valence-corrected chi connectivity index (χ1v) is 17.3. The van der Waals surface area contributed by atoms with E-state index in [1.807, 2.05) is 36.4 Å². The Morgan fingerprint density at radius 3 is 1.77 bits per heavy atom. The van der Waals surface area contributed by atoms with Gasteiger partial charge in [-0.25, -0.2) is 14.4 Å². The lowest BCUT2D eigenvalue weighted by atomic mass is 9.99. The number of rotatable bonds is 16. The van der Waals surface area contributed by atoms with Crippen molar-refractivity contribution in [3.05, 3.63) is 133 Å². The number of unbranched alkanes of at least 4 members (excludes halogenated alkanes) is 2. The van der Waals surface area contributed by atoms with Gasteiger partial charge in [0.25, 0.3) is 0 Å². The number of ether oxygens (including phenoxy) is 3. The van der Waals surface area contributed by atoms with Crippen LogP contribution in [0.5, 0.6) is 23.0 Å². The fourth-order valence-electron chi connectivity index (χ4n) is 4.96. The van der Waals surface area contributed by atoms with E-state index >= 15 is 0 Å². The highest BCUT2D eigenvalue weighted by Crippen LogP contribution is 2.31. The summed E-state index contributed by atoms with van der Waals surface area (Å²) in [4.78, 5) is 35.5. The molecule has 0 bridgehead atoms. The number of aliphatic hydroxyl groups is 1. The summed E-state index contributed by atoms with van der Waals surface area (Å²) in [6.07, 6.45) is 4.26. The molecule has 4 rings (SSSR count). The molecule has 9 nitrogen and oxygen atoms in total. The highest BCUT2D eigenvalue weighted by Gasteiger charge is 2.14. The zero-order chi connectivity index (χ0) is 38.9. The summed E-state index contributed by atoms with van der Waals surface area (Å²) in [6, 6.07) is 25.1. The minimum absolute atomic E-state index is 0.174. The van der Waals surface area contributed by atoms with Gasteiger partial charge in [0.1, 0.15) is 23.0 Å². The first-order valence-electron chi connectivity index (χ1n) is 17.3. The van der Waals surface area contributed by atoms with E-state index < -0.39 is 17.9 Å². The molecule has 4 aromatic carbocycles. The summed E-state index contributed by atoms with van der Waals surface area (Å²) in [5.74, 6) is -0.0467. The van der Waals surface area contributed by atoms with E-state index in [-0.39, 0.29) is 24.7 Å². The Labute approximate surface area is 311 Å². The van der Waals surface area contributed by atoms with E-state index in [2.05, 4.69) is 19.7 Å². The molecule has 0 heterocycles. The standard InChI is InChI=1S/C28H30O6.C16H18O3/c1-18(2)26(29)32-15-8-7-10-23-16-22(13-14-25(23)34-28(31)20(5)6)21-11-9-12-24(17-21)33-27(30)19(3)4;17-9-2-1-4-14-10-13(7-8-16(14)19)12-5-3-6-15(18)11-12/h9,11-14,16-17H,1,3,5,7-8,10,15H2,2,4,6H3;3,5-8,10-11,17-19H,1-2,4,9H2. The summed E-state index contributed by atoms with van der Waals surface area (Å²) in [6.45, 7) is 16.0. The average Bonchev–Trinajstić information content (AvgIpc) is 3.13. The van der Waals surface area contributed by atoms with Crippen LogP contribution >= 0.6 is 0 Å². The molecule has 0 saturated carbocycles. The van der Waals surface area contributed by atoms with Crippen LogP contribution in [-0.4, -0.2) is 46.4 Å². The Bertz CT molecular complexity index is 1940. The molecule has 0 radical (unpaired) electrons. The minimum Gasteiger partial charge on any atom is -0.508 e. The van der Waals surface area contributed by atoms with E-state index in [1.54, 1.807) is 69.3 Å². The van der Waals surface area contributed by atoms with Crippen molar-refractivity contribution in [1.82, 2.24) is 0 Å². The maximum Gasteiger partial charge on any atom is 0.338 e. The number of hydrogen-bond donors (Lipinski definition) is 3. The lowest BCUT2D eigenvalue weighted by molar-refractivity contribution is -0.139. The van der Waals surface area contributed by atoms with E-state index in [0.717, 1.165) is 52.6 Å². The van der Waals surface area contributed by atoms with Gasteiger partial charge < -0.3 is 29.5 Å². The Morgan fingerprint density at radius 1 is 0.585 bits per heavy atom. The van der Waals surface area contributed by atoms with Gasteiger partial charge in [0.05, 0.1) is 6.61 Å². The van der Waals surface area contributed by atoms with Gasteiger partial charge in [-0.3, -0.25) is 0 Å². The quantitative estimate of drug-likeness (QED) is 0.0448. The van der Waals surface area contributed by atoms with Gasteiger partial charge in [0.15, 0.2) is 0 Å². The molecule has 0 aliphatic rings. The average molecular weight is 721 g/mol. The van der Waals surface area contributed by atoms with Crippen molar-refractivity contribution < 1.29 is 43.9 Å². The lowest BCUT2D eigenvalue weighted by Gasteiger charge is -2.13. The van der Waals surface area contributed by atoms with Crippen LogP contribution in [0.25, 0.3) is 22.3 Å². The first-order chi connectivity index (χ1) is 25.3. The summed E-state index contributed by atoms with van der Waals surface area (Å²) in [5, 5.41) is 28.1. The van der Waals surface area contributed by atoms with Crippen molar-refractivity contribution in [2.45, 2.75) is 59.3 Å². The largest absolute Gasteiger partial charge is 0.508 e. The van der Waals surface area contributed by atoms with Gasteiger partial charge >= 0.3 is 17.9 Å². The minimum atomic E-state index is -0.502. The molecule has 0 fully saturated rings. The van der Waals surface area contributed by atoms with Crippen molar-refractivity contribution in [3.63, 3.8) is 0 Å². The number of aromatic hydroxyl groups is 2.